The van der Waals surface area contributed by atoms with E-state index in [1.165, 1.54) is 11.8 Å². The molecule has 7 atom stereocenters. The largest absolute Gasteiger partial charge is 0.416 e. The maximum absolute atomic E-state index is 13.4. The molecule has 0 spiro atoms. The summed E-state index contributed by atoms with van der Waals surface area (Å²) < 4.78 is 44.9. The summed E-state index contributed by atoms with van der Waals surface area (Å²) in [6, 6.07) is -1.25. The Kier molecular flexibility index (Phi) is 7.42. The van der Waals surface area contributed by atoms with E-state index in [1.807, 2.05) is 33.8 Å². The standard InChI is InChI=1S/C25H38F3N5O4/c1-12(37-24(6,7)25(26,27)28)17(30)21(36)33-11-15-16(23(15,4)5)18(33)20(35)31-14(10-29)8-13-9-22(2,3)32-19(13)34/h12-18H,8-9,11,30H2,1-7H3,(H,31,35)(H,32,34)/t12-,13-,14+,15+,16+,17+,18+/m1/s1. The van der Waals surface area contributed by atoms with Gasteiger partial charge in [-0.3, -0.25) is 14.4 Å². The van der Waals surface area contributed by atoms with Gasteiger partial charge >= 0.3 is 6.18 Å². The van der Waals surface area contributed by atoms with E-state index in [4.69, 9.17) is 10.5 Å². The van der Waals surface area contributed by atoms with Crippen molar-refractivity contribution in [1.82, 2.24) is 15.5 Å². The molecule has 3 fully saturated rings. The molecule has 1 saturated carbocycles. The van der Waals surface area contributed by atoms with Crippen LogP contribution in [0.1, 0.15) is 61.3 Å². The van der Waals surface area contributed by atoms with Crippen molar-refractivity contribution in [2.45, 2.75) is 103 Å². The number of fused-ring (bicyclic) bond motifs is 1. The lowest BCUT2D eigenvalue weighted by Gasteiger charge is -2.36. The Hall–Kier alpha value is -2.39. The fraction of sp³-hybridized carbons (Fsp3) is 0.840. The van der Waals surface area contributed by atoms with Gasteiger partial charge in [0.05, 0.1) is 12.2 Å². The lowest BCUT2D eigenvalue weighted by Crippen LogP contribution is -2.59. The lowest BCUT2D eigenvalue weighted by atomic mass is 9.91. The second-order valence-electron chi connectivity index (χ2n) is 12.4. The third-order valence-corrected chi connectivity index (χ3v) is 8.30. The van der Waals surface area contributed by atoms with Gasteiger partial charge in [0.2, 0.25) is 17.7 Å². The number of nitriles is 1. The minimum atomic E-state index is -4.66. The highest BCUT2D eigenvalue weighted by atomic mass is 19.4. The first-order valence-electron chi connectivity index (χ1n) is 12.6. The van der Waals surface area contributed by atoms with Crippen LogP contribution in [-0.4, -0.2) is 70.7 Å². The van der Waals surface area contributed by atoms with Gasteiger partial charge < -0.3 is 26.0 Å². The molecular weight excluding hydrogens is 491 g/mol. The Morgan fingerprint density at radius 2 is 1.89 bits per heavy atom. The van der Waals surface area contributed by atoms with Crippen molar-refractivity contribution >= 4 is 17.7 Å². The summed E-state index contributed by atoms with van der Waals surface area (Å²) >= 11 is 0. The highest BCUT2D eigenvalue weighted by Crippen LogP contribution is 2.65. The number of hydrogen-bond acceptors (Lipinski definition) is 6. The molecule has 2 aliphatic heterocycles. The first-order chi connectivity index (χ1) is 16.7. The first-order valence-corrected chi connectivity index (χ1v) is 12.6. The molecule has 0 radical (unpaired) electrons. The normalized spacial score (nSPS) is 30.5. The molecule has 0 unspecified atom stereocenters. The number of likely N-dealkylation sites (tertiary alicyclic amines) is 1. The lowest BCUT2D eigenvalue weighted by molar-refractivity contribution is -0.276. The number of nitrogens with two attached hydrogens (primary N) is 1. The molecular formula is C25H38F3N5O4. The molecule has 9 nitrogen and oxygen atoms in total. The van der Waals surface area contributed by atoms with Gasteiger partial charge in [-0.1, -0.05) is 13.8 Å². The van der Waals surface area contributed by atoms with Gasteiger partial charge in [0.1, 0.15) is 18.1 Å². The van der Waals surface area contributed by atoms with Crippen LogP contribution >= 0.6 is 0 Å². The highest BCUT2D eigenvalue weighted by Gasteiger charge is 2.69. The van der Waals surface area contributed by atoms with Crippen LogP contribution in [0.3, 0.4) is 0 Å². The summed E-state index contributed by atoms with van der Waals surface area (Å²) in [5.74, 6) is -1.99. The Labute approximate surface area is 215 Å². The van der Waals surface area contributed by atoms with E-state index < -0.39 is 59.3 Å². The van der Waals surface area contributed by atoms with E-state index >= 15 is 0 Å². The van der Waals surface area contributed by atoms with Gasteiger partial charge in [-0.2, -0.15) is 18.4 Å². The first kappa shape index (κ1) is 29.2. The molecule has 0 aromatic heterocycles. The summed E-state index contributed by atoms with van der Waals surface area (Å²) in [7, 11) is 0. The summed E-state index contributed by atoms with van der Waals surface area (Å²) in [6.07, 6.45) is -5.28. The predicted molar refractivity (Wildman–Crippen MR) is 127 cm³/mol. The number of ether oxygens (including phenoxy) is 1. The Bertz CT molecular complexity index is 990. The van der Waals surface area contributed by atoms with Crippen molar-refractivity contribution in [2.75, 3.05) is 6.54 Å². The molecule has 2 saturated heterocycles. The molecule has 4 N–H and O–H groups in total. The molecule has 1 aliphatic carbocycles. The van der Waals surface area contributed by atoms with Gasteiger partial charge in [0, 0.05) is 18.0 Å². The quantitative estimate of drug-likeness (QED) is 0.439. The second kappa shape index (κ2) is 9.42. The number of carbonyl (C=O) groups is 3. The smallest absolute Gasteiger partial charge is 0.361 e. The van der Waals surface area contributed by atoms with Crippen LogP contribution in [0.25, 0.3) is 0 Å². The molecule has 3 rings (SSSR count). The molecule has 12 heteroatoms. The van der Waals surface area contributed by atoms with Crippen molar-refractivity contribution in [3.63, 3.8) is 0 Å². The molecule has 0 bridgehead atoms. The van der Waals surface area contributed by atoms with Gasteiger partial charge in [0.15, 0.2) is 5.60 Å². The third-order valence-electron chi connectivity index (χ3n) is 8.30. The van der Waals surface area contributed by atoms with Gasteiger partial charge in [0.25, 0.3) is 0 Å². The number of hydrogen-bond donors (Lipinski definition) is 3. The van der Waals surface area contributed by atoms with Crippen LogP contribution in [-0.2, 0) is 19.1 Å². The number of nitrogens with one attached hydrogen (secondary N) is 2. The van der Waals surface area contributed by atoms with E-state index in [0.717, 1.165) is 13.8 Å². The Balaban J connectivity index is 1.72. The van der Waals surface area contributed by atoms with E-state index in [1.54, 1.807) is 0 Å². The zero-order valence-corrected chi connectivity index (χ0v) is 22.4. The van der Waals surface area contributed by atoms with Gasteiger partial charge in [-0.25, -0.2) is 0 Å². The number of rotatable bonds is 8. The minimum Gasteiger partial charge on any atom is -0.361 e. The number of alkyl halides is 3. The number of halogens is 3. The van der Waals surface area contributed by atoms with Crippen molar-refractivity contribution in [1.29, 1.82) is 5.26 Å². The molecule has 208 valence electrons. The van der Waals surface area contributed by atoms with Crippen molar-refractivity contribution in [2.24, 2.45) is 28.9 Å². The van der Waals surface area contributed by atoms with E-state index in [0.29, 0.717) is 6.42 Å². The van der Waals surface area contributed by atoms with E-state index in [2.05, 4.69) is 10.6 Å². The maximum atomic E-state index is 13.4. The highest BCUT2D eigenvalue weighted by molar-refractivity contribution is 5.92. The van der Waals surface area contributed by atoms with E-state index in [-0.39, 0.29) is 36.1 Å². The van der Waals surface area contributed by atoms with E-state index in [9.17, 15) is 32.8 Å². The summed E-state index contributed by atoms with van der Waals surface area (Å²) in [6.45, 7) is 11.0. The Morgan fingerprint density at radius 3 is 2.38 bits per heavy atom. The zero-order valence-electron chi connectivity index (χ0n) is 22.4. The summed E-state index contributed by atoms with van der Waals surface area (Å²) in [5.41, 5.74) is 2.91. The fourth-order valence-electron chi connectivity index (χ4n) is 5.88. The number of nitrogens with zero attached hydrogens (tertiary/aromatic N) is 2. The topological polar surface area (TPSA) is 138 Å². The average molecular weight is 530 g/mol. The second-order valence-corrected chi connectivity index (χ2v) is 12.4. The Morgan fingerprint density at radius 1 is 1.30 bits per heavy atom. The zero-order chi connectivity index (χ0) is 28.3. The molecule has 3 amide bonds. The van der Waals surface area contributed by atoms with Crippen LogP contribution in [0.15, 0.2) is 0 Å². The molecule has 0 aromatic carbocycles. The number of amides is 3. The molecule has 2 heterocycles. The molecule has 37 heavy (non-hydrogen) atoms. The van der Waals surface area contributed by atoms with Crippen LogP contribution in [0.2, 0.25) is 0 Å². The SMILES string of the molecule is C[C@@H](OC(C)(C)C(F)(F)F)[C@H](N)C(=O)N1C[C@H]2[C@@H]([C@H]1C(=O)N[C@H](C#N)C[C@@H]1CC(C)(C)NC1=O)C2(C)C. The number of piperidine rings is 1. The summed E-state index contributed by atoms with van der Waals surface area (Å²) in [5, 5.41) is 15.2. The van der Waals surface area contributed by atoms with Crippen LogP contribution in [0, 0.1) is 34.5 Å². The van der Waals surface area contributed by atoms with Crippen LogP contribution in [0.4, 0.5) is 13.2 Å². The molecule has 0 aromatic rings. The average Bonchev–Trinajstić information content (AvgIpc) is 3.05. The van der Waals surface area contributed by atoms with Crippen LogP contribution in [0.5, 0.6) is 0 Å². The van der Waals surface area contributed by atoms with Crippen molar-refractivity contribution in [3.8, 4) is 6.07 Å². The van der Waals surface area contributed by atoms with Crippen LogP contribution < -0.4 is 16.4 Å². The summed E-state index contributed by atoms with van der Waals surface area (Å²) in [4.78, 5) is 40.3. The van der Waals surface area contributed by atoms with Gasteiger partial charge in [-0.05, 0) is 64.7 Å². The maximum Gasteiger partial charge on any atom is 0.416 e. The van der Waals surface area contributed by atoms with Crippen molar-refractivity contribution < 1.29 is 32.3 Å². The predicted octanol–water partition coefficient (Wildman–Crippen LogP) is 1.86. The monoisotopic (exact) mass is 529 g/mol. The minimum absolute atomic E-state index is 0.0178. The van der Waals surface area contributed by atoms with Crippen molar-refractivity contribution in [3.05, 3.63) is 0 Å². The third kappa shape index (κ3) is 5.58. The number of carbonyl (C=O) groups excluding carboxylic acids is 3. The fourth-order valence-corrected chi connectivity index (χ4v) is 5.88. The molecule has 3 aliphatic rings. The van der Waals surface area contributed by atoms with Gasteiger partial charge in [-0.15, -0.1) is 0 Å².